The zero-order valence-corrected chi connectivity index (χ0v) is 20.7. The Labute approximate surface area is 215 Å². The summed E-state index contributed by atoms with van der Waals surface area (Å²) in [5.41, 5.74) is 10.8. The first-order chi connectivity index (χ1) is 18.0. The van der Waals surface area contributed by atoms with E-state index in [1.807, 2.05) is 91.0 Å². The van der Waals surface area contributed by atoms with Gasteiger partial charge in [0.2, 0.25) is 5.96 Å². The normalized spacial score (nSPS) is 15.5. The summed E-state index contributed by atoms with van der Waals surface area (Å²) >= 11 is 0. The molecular weight excluding hydrogens is 464 g/mol. The smallest absolute Gasteiger partial charge is 0.338 e. The summed E-state index contributed by atoms with van der Waals surface area (Å²) in [4.78, 5) is 17.7. The highest BCUT2D eigenvalue weighted by Gasteiger charge is 2.35. The van der Waals surface area contributed by atoms with Crippen molar-refractivity contribution < 1.29 is 14.3 Å². The van der Waals surface area contributed by atoms with Gasteiger partial charge in [-0.25, -0.2) is 15.6 Å². The molecule has 4 aromatic carbocycles. The maximum Gasteiger partial charge on any atom is 0.338 e. The van der Waals surface area contributed by atoms with E-state index in [2.05, 4.69) is 4.99 Å². The van der Waals surface area contributed by atoms with Crippen LogP contribution in [0.2, 0.25) is 0 Å². The van der Waals surface area contributed by atoms with Gasteiger partial charge in [0.05, 0.1) is 18.4 Å². The number of allylic oxidation sites excluding steroid dienone is 1. The fraction of sp³-hybridized carbons (Fsp3) is 0.133. The number of esters is 1. The highest BCUT2D eigenvalue weighted by molar-refractivity contribution is 5.97. The van der Waals surface area contributed by atoms with Gasteiger partial charge in [-0.1, -0.05) is 78.9 Å². The molecule has 0 fully saturated rings. The van der Waals surface area contributed by atoms with Crippen molar-refractivity contribution in [3.63, 3.8) is 0 Å². The molecule has 1 unspecified atom stereocenters. The highest BCUT2D eigenvalue weighted by atomic mass is 16.5. The molecule has 0 aliphatic carbocycles. The van der Waals surface area contributed by atoms with Crippen LogP contribution < -0.4 is 16.3 Å². The maximum absolute atomic E-state index is 13.4. The molecule has 4 N–H and O–H groups in total. The first kappa shape index (κ1) is 24.1. The summed E-state index contributed by atoms with van der Waals surface area (Å²) in [6.07, 6.45) is 0. The predicted molar refractivity (Wildman–Crippen MR) is 145 cm³/mol. The van der Waals surface area contributed by atoms with E-state index in [9.17, 15) is 4.79 Å². The van der Waals surface area contributed by atoms with Crippen LogP contribution in [0.4, 0.5) is 0 Å². The molecule has 186 valence electrons. The SMILES string of the molecule is COc1ccc(-c2ccc(COC(=O)C3=C(C)N=C(N)N(N)C3c3cccc4ccccc34)cc2)cc1. The predicted octanol–water partition coefficient (Wildman–Crippen LogP) is 5.08. The number of hydrazine groups is 1. The largest absolute Gasteiger partial charge is 0.497 e. The minimum absolute atomic E-state index is 0.116. The van der Waals surface area contributed by atoms with E-state index in [1.54, 1.807) is 14.0 Å². The molecule has 7 nitrogen and oxygen atoms in total. The molecule has 0 amide bonds. The van der Waals surface area contributed by atoms with Crippen LogP contribution in [0, 0.1) is 0 Å². The van der Waals surface area contributed by atoms with Gasteiger partial charge in [0, 0.05) is 0 Å². The number of guanidine groups is 1. The molecule has 0 bridgehead atoms. The fourth-order valence-corrected chi connectivity index (χ4v) is 4.62. The summed E-state index contributed by atoms with van der Waals surface area (Å²) in [6.45, 7) is 1.86. The number of carbonyl (C=O) groups is 1. The highest BCUT2D eigenvalue weighted by Crippen LogP contribution is 2.37. The molecule has 1 heterocycles. The van der Waals surface area contributed by atoms with Crippen molar-refractivity contribution in [1.29, 1.82) is 0 Å². The number of aliphatic imine (C=N–C) groups is 1. The van der Waals surface area contributed by atoms with Crippen molar-refractivity contribution >= 4 is 22.7 Å². The Morgan fingerprint density at radius 1 is 0.919 bits per heavy atom. The van der Waals surface area contributed by atoms with Gasteiger partial charge >= 0.3 is 5.97 Å². The minimum Gasteiger partial charge on any atom is -0.497 e. The monoisotopic (exact) mass is 492 g/mol. The van der Waals surface area contributed by atoms with Crippen LogP contribution in [0.5, 0.6) is 5.75 Å². The fourth-order valence-electron chi connectivity index (χ4n) is 4.62. The lowest BCUT2D eigenvalue weighted by Gasteiger charge is -2.34. The van der Waals surface area contributed by atoms with Crippen LogP contribution in [-0.4, -0.2) is 24.0 Å². The number of hydrogen-bond donors (Lipinski definition) is 2. The van der Waals surface area contributed by atoms with Crippen molar-refractivity contribution in [2.24, 2.45) is 16.6 Å². The Morgan fingerprint density at radius 2 is 1.57 bits per heavy atom. The van der Waals surface area contributed by atoms with E-state index in [0.717, 1.165) is 38.8 Å². The second-order valence-electron chi connectivity index (χ2n) is 8.85. The van der Waals surface area contributed by atoms with Crippen molar-refractivity contribution in [2.45, 2.75) is 19.6 Å². The van der Waals surface area contributed by atoms with Crippen molar-refractivity contribution in [3.8, 4) is 16.9 Å². The number of benzene rings is 4. The molecule has 5 rings (SSSR count). The van der Waals surface area contributed by atoms with E-state index < -0.39 is 12.0 Å². The third-order valence-electron chi connectivity index (χ3n) is 6.57. The Balaban J connectivity index is 1.38. The zero-order chi connectivity index (χ0) is 25.9. The summed E-state index contributed by atoms with van der Waals surface area (Å²) in [5, 5.41) is 3.35. The van der Waals surface area contributed by atoms with Gasteiger partial charge in [0.25, 0.3) is 0 Å². The number of fused-ring (bicyclic) bond motifs is 1. The summed E-state index contributed by atoms with van der Waals surface area (Å²) < 4.78 is 11.0. The van der Waals surface area contributed by atoms with Crippen LogP contribution in [0.15, 0.2) is 107 Å². The molecule has 0 spiro atoms. The van der Waals surface area contributed by atoms with Crippen LogP contribution in [0.1, 0.15) is 24.1 Å². The van der Waals surface area contributed by atoms with Gasteiger partial charge in [-0.3, -0.25) is 5.01 Å². The van der Waals surface area contributed by atoms with Gasteiger partial charge < -0.3 is 15.2 Å². The molecule has 0 radical (unpaired) electrons. The number of nitrogens with two attached hydrogens (primary N) is 2. The quantitative estimate of drug-likeness (QED) is 0.287. The summed E-state index contributed by atoms with van der Waals surface area (Å²) in [5.74, 6) is 6.83. The molecule has 0 saturated heterocycles. The van der Waals surface area contributed by atoms with E-state index in [0.29, 0.717) is 11.3 Å². The molecular formula is C30H28N4O3. The van der Waals surface area contributed by atoms with E-state index in [1.165, 1.54) is 5.01 Å². The number of rotatable bonds is 6. The lowest BCUT2D eigenvalue weighted by atomic mass is 9.91. The van der Waals surface area contributed by atoms with Gasteiger partial charge in [-0.15, -0.1) is 0 Å². The number of hydrogen-bond acceptors (Lipinski definition) is 7. The molecule has 1 aliphatic rings. The van der Waals surface area contributed by atoms with Crippen LogP contribution in [-0.2, 0) is 16.1 Å². The second kappa shape index (κ2) is 10.2. The van der Waals surface area contributed by atoms with Crippen LogP contribution >= 0.6 is 0 Å². The van der Waals surface area contributed by atoms with E-state index in [4.69, 9.17) is 21.1 Å². The molecule has 7 heteroatoms. The molecule has 1 atom stereocenters. The van der Waals surface area contributed by atoms with Crippen LogP contribution in [0.25, 0.3) is 21.9 Å². The van der Waals surface area contributed by atoms with Gasteiger partial charge in [-0.2, -0.15) is 0 Å². The molecule has 0 saturated carbocycles. The molecule has 4 aromatic rings. The van der Waals surface area contributed by atoms with Crippen molar-refractivity contribution in [3.05, 3.63) is 113 Å². The van der Waals surface area contributed by atoms with Crippen molar-refractivity contribution in [1.82, 2.24) is 5.01 Å². The molecule has 1 aliphatic heterocycles. The number of carbonyl (C=O) groups excluding carboxylic acids is 1. The van der Waals surface area contributed by atoms with E-state index in [-0.39, 0.29) is 12.6 Å². The van der Waals surface area contributed by atoms with Gasteiger partial charge in [-0.05, 0) is 52.1 Å². The zero-order valence-electron chi connectivity index (χ0n) is 20.7. The van der Waals surface area contributed by atoms with E-state index >= 15 is 0 Å². The minimum atomic E-state index is -0.631. The lowest BCUT2D eigenvalue weighted by Crippen LogP contribution is -2.49. The second-order valence-corrected chi connectivity index (χ2v) is 8.85. The average Bonchev–Trinajstić information content (AvgIpc) is 2.93. The first-order valence-electron chi connectivity index (χ1n) is 11.9. The topological polar surface area (TPSA) is 103 Å². The number of ether oxygens (including phenoxy) is 2. The first-order valence-corrected chi connectivity index (χ1v) is 11.9. The molecule has 37 heavy (non-hydrogen) atoms. The summed E-state index contributed by atoms with van der Waals surface area (Å²) in [7, 11) is 1.65. The summed E-state index contributed by atoms with van der Waals surface area (Å²) in [6, 6.07) is 29.0. The van der Waals surface area contributed by atoms with Crippen molar-refractivity contribution in [2.75, 3.05) is 7.11 Å². The Kier molecular flexibility index (Phi) is 6.62. The third-order valence-corrected chi connectivity index (χ3v) is 6.57. The van der Waals surface area contributed by atoms with Gasteiger partial charge in [0.15, 0.2) is 0 Å². The number of methoxy groups -OCH3 is 1. The standard InChI is InChI=1S/C30H28N4O3/c1-19-27(28(34(32)30(31)33-19)26-9-5-7-23-6-3-4-8-25(23)26)29(35)37-18-20-10-12-21(13-11-20)22-14-16-24(36-2)17-15-22/h3-17,28H,18,32H2,1-2H3,(H2,31,33). The Bertz CT molecular complexity index is 1500. The third kappa shape index (κ3) is 4.77. The Morgan fingerprint density at radius 3 is 2.27 bits per heavy atom. The Hall–Kier alpha value is -4.62. The maximum atomic E-state index is 13.4. The van der Waals surface area contributed by atoms with Crippen LogP contribution in [0.3, 0.4) is 0 Å². The average molecular weight is 493 g/mol. The number of nitrogens with zero attached hydrogens (tertiary/aromatic N) is 2. The lowest BCUT2D eigenvalue weighted by molar-refractivity contribution is -0.141. The molecule has 0 aromatic heterocycles. The van der Waals surface area contributed by atoms with Gasteiger partial charge in [0.1, 0.15) is 18.4 Å².